The van der Waals surface area contributed by atoms with Crippen LogP contribution in [0.4, 0.5) is 19.0 Å². The molecular formula is C19H22F3N5O6. The minimum atomic E-state index is -5.08. The molecule has 11 nitrogen and oxygen atoms in total. The fourth-order valence-electron chi connectivity index (χ4n) is 3.19. The molecule has 1 amide bonds. The third-order valence-electron chi connectivity index (χ3n) is 4.83. The predicted octanol–water partition coefficient (Wildman–Crippen LogP) is 1.90. The Morgan fingerprint density at radius 2 is 1.88 bits per heavy atom. The lowest BCUT2D eigenvalue weighted by atomic mass is 10.1. The first-order valence-electron chi connectivity index (χ1n) is 10.00. The molecule has 0 aliphatic carbocycles. The van der Waals surface area contributed by atoms with Gasteiger partial charge in [0.05, 0.1) is 13.2 Å². The number of rotatable bonds is 4. The van der Waals surface area contributed by atoms with Gasteiger partial charge in [0.15, 0.2) is 17.9 Å². The molecule has 2 aliphatic heterocycles. The standard InChI is InChI=1S/C17H21N5O4.C2HF3O2/c23-17(13-9-26-11-19-13)22-5-8-25-10-14(22)16-18-4-1-15(21-16)20-12-2-6-24-7-3-12;3-2(4,5)1(6)7/h1,4,9,11-12,14H,2-3,5-8,10H2,(H,18,20,21);(H,6,7). The molecule has 0 radical (unpaired) electrons. The van der Waals surface area contributed by atoms with Gasteiger partial charge in [0, 0.05) is 32.0 Å². The van der Waals surface area contributed by atoms with Gasteiger partial charge in [-0.2, -0.15) is 13.2 Å². The van der Waals surface area contributed by atoms with E-state index in [1.54, 1.807) is 11.1 Å². The van der Waals surface area contributed by atoms with Crippen LogP contribution in [0.1, 0.15) is 35.2 Å². The molecule has 2 saturated heterocycles. The summed E-state index contributed by atoms with van der Waals surface area (Å²) in [6.45, 7) is 2.79. The Bertz CT molecular complexity index is 921. The van der Waals surface area contributed by atoms with Crippen LogP contribution in [0.2, 0.25) is 0 Å². The van der Waals surface area contributed by atoms with Gasteiger partial charge >= 0.3 is 12.1 Å². The Morgan fingerprint density at radius 3 is 2.52 bits per heavy atom. The van der Waals surface area contributed by atoms with Gasteiger partial charge in [0.1, 0.15) is 18.1 Å². The number of alkyl halides is 3. The molecule has 180 valence electrons. The number of ether oxygens (including phenoxy) is 2. The van der Waals surface area contributed by atoms with Gasteiger partial charge in [-0.3, -0.25) is 4.79 Å². The van der Waals surface area contributed by atoms with E-state index in [4.69, 9.17) is 23.8 Å². The zero-order valence-electron chi connectivity index (χ0n) is 17.3. The van der Waals surface area contributed by atoms with Gasteiger partial charge < -0.3 is 29.2 Å². The number of carboxylic acid groups (broad SMARTS) is 1. The second-order valence-corrected chi connectivity index (χ2v) is 7.10. The number of oxazole rings is 1. The second kappa shape index (κ2) is 11.0. The number of morpholine rings is 1. The molecule has 2 aliphatic rings. The van der Waals surface area contributed by atoms with E-state index in [0.29, 0.717) is 31.6 Å². The summed E-state index contributed by atoms with van der Waals surface area (Å²) >= 11 is 0. The topological polar surface area (TPSA) is 140 Å². The summed E-state index contributed by atoms with van der Waals surface area (Å²) < 4.78 is 47.6. The van der Waals surface area contributed by atoms with Crippen molar-refractivity contribution < 1.29 is 41.8 Å². The fraction of sp³-hybridized carbons (Fsp3) is 0.526. The van der Waals surface area contributed by atoms with Crippen molar-refractivity contribution in [2.75, 3.05) is 38.3 Å². The number of hydrogen-bond acceptors (Lipinski definition) is 9. The lowest BCUT2D eigenvalue weighted by molar-refractivity contribution is -0.192. The first-order valence-corrected chi connectivity index (χ1v) is 10.00. The van der Waals surface area contributed by atoms with Crippen LogP contribution in [0.15, 0.2) is 29.3 Å². The lowest BCUT2D eigenvalue weighted by Gasteiger charge is -2.34. The highest BCUT2D eigenvalue weighted by atomic mass is 19.4. The number of halogens is 3. The largest absolute Gasteiger partial charge is 0.490 e. The number of aromatic nitrogens is 3. The van der Waals surface area contributed by atoms with E-state index < -0.39 is 12.1 Å². The molecule has 1 atom stereocenters. The van der Waals surface area contributed by atoms with Crippen molar-refractivity contribution in [2.45, 2.75) is 31.1 Å². The Morgan fingerprint density at radius 1 is 1.15 bits per heavy atom. The summed E-state index contributed by atoms with van der Waals surface area (Å²) in [6, 6.07) is 1.82. The van der Waals surface area contributed by atoms with Gasteiger partial charge in [-0.15, -0.1) is 0 Å². The van der Waals surface area contributed by atoms with Gasteiger partial charge in [-0.05, 0) is 18.9 Å². The maximum absolute atomic E-state index is 12.7. The number of hydrogen-bond donors (Lipinski definition) is 2. The molecule has 2 N–H and O–H groups in total. The van der Waals surface area contributed by atoms with Crippen LogP contribution in [-0.2, 0) is 14.3 Å². The van der Waals surface area contributed by atoms with Crippen molar-refractivity contribution in [3.63, 3.8) is 0 Å². The van der Waals surface area contributed by atoms with Crippen molar-refractivity contribution in [3.05, 3.63) is 36.4 Å². The molecule has 0 aromatic carbocycles. The van der Waals surface area contributed by atoms with Crippen molar-refractivity contribution in [3.8, 4) is 0 Å². The number of aliphatic carboxylic acids is 1. The third kappa shape index (κ3) is 6.86. The van der Waals surface area contributed by atoms with Crippen LogP contribution in [0.3, 0.4) is 0 Å². The summed E-state index contributed by atoms with van der Waals surface area (Å²) in [5.41, 5.74) is 0.272. The van der Waals surface area contributed by atoms with Crippen molar-refractivity contribution in [1.82, 2.24) is 19.9 Å². The molecule has 2 aromatic heterocycles. The molecule has 2 aromatic rings. The van der Waals surface area contributed by atoms with E-state index in [-0.39, 0.29) is 17.6 Å². The number of carbonyl (C=O) groups excluding carboxylic acids is 1. The van der Waals surface area contributed by atoms with Gasteiger partial charge in [-0.1, -0.05) is 0 Å². The average Bonchev–Trinajstić information content (AvgIpc) is 3.34. The normalized spacial score (nSPS) is 19.4. The summed E-state index contributed by atoms with van der Waals surface area (Å²) in [7, 11) is 0. The first-order chi connectivity index (χ1) is 15.8. The quantitative estimate of drug-likeness (QED) is 0.677. The average molecular weight is 473 g/mol. The summed E-state index contributed by atoms with van der Waals surface area (Å²) in [5.74, 6) is -1.66. The highest BCUT2D eigenvalue weighted by Crippen LogP contribution is 2.24. The van der Waals surface area contributed by atoms with E-state index in [1.807, 2.05) is 6.07 Å². The van der Waals surface area contributed by atoms with Crippen LogP contribution in [0, 0.1) is 0 Å². The SMILES string of the molecule is O=C(O)C(F)(F)F.O=C(c1cocn1)N1CCOCC1c1nccc(NC2CCOCC2)n1. The van der Waals surface area contributed by atoms with E-state index in [2.05, 4.69) is 20.3 Å². The smallest absolute Gasteiger partial charge is 0.475 e. The van der Waals surface area contributed by atoms with E-state index in [0.717, 1.165) is 31.9 Å². The lowest BCUT2D eigenvalue weighted by Crippen LogP contribution is -2.44. The monoisotopic (exact) mass is 473 g/mol. The summed E-state index contributed by atoms with van der Waals surface area (Å²) in [4.78, 5) is 36.2. The molecule has 14 heteroatoms. The van der Waals surface area contributed by atoms with E-state index in [1.165, 1.54) is 12.7 Å². The Labute approximate surface area is 185 Å². The number of nitrogens with one attached hydrogen (secondary N) is 1. The number of nitrogens with zero attached hydrogens (tertiary/aromatic N) is 4. The van der Waals surface area contributed by atoms with Gasteiger partial charge in [0.25, 0.3) is 5.91 Å². The molecule has 0 bridgehead atoms. The van der Waals surface area contributed by atoms with Gasteiger partial charge in [-0.25, -0.2) is 19.7 Å². The Balaban J connectivity index is 0.000000383. The zero-order valence-corrected chi connectivity index (χ0v) is 17.3. The summed E-state index contributed by atoms with van der Waals surface area (Å²) in [5, 5.41) is 10.6. The number of carboxylic acids is 1. The van der Waals surface area contributed by atoms with E-state index in [9.17, 15) is 18.0 Å². The first kappa shape index (κ1) is 24.4. The molecule has 4 rings (SSSR count). The molecule has 2 fully saturated rings. The van der Waals surface area contributed by atoms with Crippen molar-refractivity contribution in [1.29, 1.82) is 0 Å². The highest BCUT2D eigenvalue weighted by Gasteiger charge is 2.38. The highest BCUT2D eigenvalue weighted by molar-refractivity contribution is 5.92. The number of amides is 1. The Hall–Kier alpha value is -3.26. The maximum Gasteiger partial charge on any atom is 0.490 e. The van der Waals surface area contributed by atoms with Crippen LogP contribution in [0.5, 0.6) is 0 Å². The van der Waals surface area contributed by atoms with Gasteiger partial charge in [0.2, 0.25) is 0 Å². The predicted molar refractivity (Wildman–Crippen MR) is 104 cm³/mol. The molecule has 4 heterocycles. The minimum Gasteiger partial charge on any atom is -0.475 e. The molecule has 33 heavy (non-hydrogen) atoms. The molecular weight excluding hydrogens is 451 g/mol. The molecule has 0 spiro atoms. The molecule has 1 unspecified atom stereocenters. The minimum absolute atomic E-state index is 0.210. The number of carbonyl (C=O) groups is 2. The van der Waals surface area contributed by atoms with E-state index >= 15 is 0 Å². The van der Waals surface area contributed by atoms with Crippen LogP contribution in [-0.4, -0.2) is 82.0 Å². The maximum atomic E-state index is 12.7. The number of anilines is 1. The summed E-state index contributed by atoms with van der Waals surface area (Å²) in [6.07, 6.45) is 1.11. The second-order valence-electron chi connectivity index (χ2n) is 7.10. The fourth-order valence-corrected chi connectivity index (χ4v) is 3.19. The van der Waals surface area contributed by atoms with Crippen molar-refractivity contribution in [2.24, 2.45) is 0 Å². The third-order valence-corrected chi connectivity index (χ3v) is 4.83. The van der Waals surface area contributed by atoms with Crippen LogP contribution < -0.4 is 5.32 Å². The van der Waals surface area contributed by atoms with Crippen molar-refractivity contribution >= 4 is 17.7 Å². The Kier molecular flexibility index (Phi) is 8.16. The molecule has 0 saturated carbocycles. The zero-order chi connectivity index (χ0) is 23.8. The van der Waals surface area contributed by atoms with Crippen LogP contribution in [0.25, 0.3) is 0 Å². The van der Waals surface area contributed by atoms with Crippen LogP contribution >= 0.6 is 0 Å².